The molecule has 0 saturated heterocycles. The molecule has 0 aliphatic heterocycles. The number of esters is 1. The Bertz CT molecular complexity index is 1050. The van der Waals surface area contributed by atoms with E-state index in [1.807, 2.05) is 68.5 Å². The van der Waals surface area contributed by atoms with Crippen molar-refractivity contribution in [2.45, 2.75) is 26.7 Å². The summed E-state index contributed by atoms with van der Waals surface area (Å²) in [6, 6.07) is 15.2. The smallest absolute Gasteiger partial charge is 0.319 e. The Labute approximate surface area is 186 Å². The van der Waals surface area contributed by atoms with Crippen molar-refractivity contribution >= 4 is 51.4 Å². The largest absolute Gasteiger partial charge is 0.469 e. The molecule has 6 nitrogen and oxygen atoms in total. The highest BCUT2D eigenvalue weighted by molar-refractivity contribution is 7.19. The second kappa shape index (κ2) is 10.2. The van der Waals surface area contributed by atoms with Crippen LogP contribution in [0.4, 0.5) is 10.5 Å². The molecule has 0 bridgehead atoms. The molecule has 1 aromatic heterocycles. The van der Waals surface area contributed by atoms with Gasteiger partial charge >= 0.3 is 12.0 Å². The van der Waals surface area contributed by atoms with Gasteiger partial charge in [0.15, 0.2) is 0 Å². The van der Waals surface area contributed by atoms with Crippen molar-refractivity contribution in [2.75, 3.05) is 19.0 Å². The number of para-hydroxylation sites is 1. The van der Waals surface area contributed by atoms with E-state index in [1.165, 1.54) is 7.11 Å². The summed E-state index contributed by atoms with van der Waals surface area (Å²) in [7, 11) is 1.37. The topological polar surface area (TPSA) is 80.3 Å². The molecule has 162 valence electrons. The highest BCUT2D eigenvalue weighted by atomic mass is 32.1. The zero-order valence-corrected chi connectivity index (χ0v) is 18.8. The molecule has 0 aliphatic rings. The van der Waals surface area contributed by atoms with Gasteiger partial charge in [0.2, 0.25) is 0 Å². The molecule has 2 aromatic carbocycles. The van der Waals surface area contributed by atoms with Crippen molar-refractivity contribution in [3.63, 3.8) is 0 Å². The molecule has 0 aliphatic carbocycles. The molecule has 3 rings (SSSR count). The predicted molar refractivity (Wildman–Crippen MR) is 127 cm³/mol. The maximum Gasteiger partial charge on any atom is 0.319 e. The minimum Gasteiger partial charge on any atom is -0.469 e. The van der Waals surface area contributed by atoms with Crippen LogP contribution in [0.15, 0.2) is 48.5 Å². The average Bonchev–Trinajstić information content (AvgIpc) is 3.22. The van der Waals surface area contributed by atoms with Crippen molar-refractivity contribution < 1.29 is 14.3 Å². The molecule has 31 heavy (non-hydrogen) atoms. The van der Waals surface area contributed by atoms with Gasteiger partial charge < -0.3 is 15.4 Å². The first kappa shape index (κ1) is 22.5. The first-order valence-corrected chi connectivity index (χ1v) is 11.1. The van der Waals surface area contributed by atoms with E-state index in [0.717, 1.165) is 20.8 Å². The van der Waals surface area contributed by atoms with Crippen LogP contribution in [-0.2, 0) is 9.53 Å². The second-order valence-electron chi connectivity index (χ2n) is 7.27. The first-order valence-electron chi connectivity index (χ1n) is 10.3. The monoisotopic (exact) mass is 437 g/mol. The van der Waals surface area contributed by atoms with Gasteiger partial charge in [-0.05, 0) is 48.7 Å². The van der Waals surface area contributed by atoms with E-state index in [-0.39, 0.29) is 18.5 Å². The second-order valence-corrected chi connectivity index (χ2v) is 8.33. The standard InChI is InChI=1S/C24H27N3O3S/c1-4-24(5-2,22(28)30-3)16-25-23(29)26-18-10-8-9-17(15-18)13-14-21-27-19-11-6-7-12-20(19)31-21/h6-15H,4-5,16H2,1-3H3,(H2,25,26,29)/b14-13+. The maximum atomic E-state index is 12.4. The number of hydrogen-bond acceptors (Lipinski definition) is 5. The molecule has 0 unspecified atom stereocenters. The Morgan fingerprint density at radius 2 is 1.87 bits per heavy atom. The van der Waals surface area contributed by atoms with Gasteiger partial charge in [0, 0.05) is 12.2 Å². The third kappa shape index (κ3) is 5.49. The molecule has 3 aromatic rings. The number of urea groups is 1. The summed E-state index contributed by atoms with van der Waals surface area (Å²) in [5.74, 6) is -0.306. The number of nitrogens with zero attached hydrogens (tertiary/aromatic N) is 1. The van der Waals surface area contributed by atoms with Crippen LogP contribution in [0.3, 0.4) is 0 Å². The summed E-state index contributed by atoms with van der Waals surface area (Å²) in [5.41, 5.74) is 1.89. The van der Waals surface area contributed by atoms with Crippen LogP contribution in [-0.4, -0.2) is 30.6 Å². The summed E-state index contributed by atoms with van der Waals surface area (Å²) in [4.78, 5) is 29.1. The molecule has 1 heterocycles. The number of ether oxygens (including phenoxy) is 1. The third-order valence-corrected chi connectivity index (χ3v) is 6.43. The molecular formula is C24H27N3O3S. The van der Waals surface area contributed by atoms with Gasteiger partial charge in [-0.3, -0.25) is 4.79 Å². The molecular weight excluding hydrogens is 410 g/mol. The number of hydrogen-bond donors (Lipinski definition) is 2. The summed E-state index contributed by atoms with van der Waals surface area (Å²) in [6.45, 7) is 4.05. The Morgan fingerprint density at radius 3 is 2.58 bits per heavy atom. The van der Waals surface area contributed by atoms with Crippen molar-refractivity contribution in [2.24, 2.45) is 5.41 Å². The van der Waals surface area contributed by atoms with E-state index >= 15 is 0 Å². The number of aromatic nitrogens is 1. The molecule has 0 atom stereocenters. The quantitative estimate of drug-likeness (QED) is 0.452. The minimum atomic E-state index is -0.714. The summed E-state index contributed by atoms with van der Waals surface area (Å²) in [5, 5.41) is 6.56. The fourth-order valence-corrected chi connectivity index (χ4v) is 4.22. The lowest BCUT2D eigenvalue weighted by atomic mass is 9.82. The summed E-state index contributed by atoms with van der Waals surface area (Å²) in [6.07, 6.45) is 5.11. The number of thiazole rings is 1. The molecule has 2 amide bonds. The van der Waals surface area contributed by atoms with E-state index in [1.54, 1.807) is 11.3 Å². The highest BCUT2D eigenvalue weighted by Gasteiger charge is 2.36. The Balaban J connectivity index is 1.63. The van der Waals surface area contributed by atoms with Crippen LogP contribution in [0.2, 0.25) is 0 Å². The van der Waals surface area contributed by atoms with Crippen LogP contribution in [0.5, 0.6) is 0 Å². The number of amides is 2. The fourth-order valence-electron chi connectivity index (χ4n) is 3.35. The van der Waals surface area contributed by atoms with Gasteiger partial charge in [-0.15, -0.1) is 11.3 Å². The highest BCUT2D eigenvalue weighted by Crippen LogP contribution is 2.27. The van der Waals surface area contributed by atoms with Crippen molar-refractivity contribution in [3.8, 4) is 0 Å². The summed E-state index contributed by atoms with van der Waals surface area (Å²) >= 11 is 1.63. The number of rotatable bonds is 8. The fraction of sp³-hybridized carbons (Fsp3) is 0.292. The van der Waals surface area contributed by atoms with Crippen LogP contribution in [0.25, 0.3) is 22.4 Å². The van der Waals surface area contributed by atoms with E-state index < -0.39 is 5.41 Å². The number of anilines is 1. The minimum absolute atomic E-state index is 0.218. The van der Waals surface area contributed by atoms with Crippen LogP contribution in [0, 0.1) is 5.41 Å². The molecule has 0 saturated carbocycles. The number of carbonyl (C=O) groups is 2. The predicted octanol–water partition coefficient (Wildman–Crippen LogP) is 5.57. The zero-order chi connectivity index (χ0) is 22.3. The molecule has 2 N–H and O–H groups in total. The SMILES string of the molecule is CCC(CC)(CNC(=O)Nc1cccc(/C=C/c2nc3ccccc3s2)c1)C(=O)OC. The van der Waals surface area contributed by atoms with Crippen LogP contribution >= 0.6 is 11.3 Å². The first-order chi connectivity index (χ1) is 15.0. The number of benzene rings is 2. The average molecular weight is 438 g/mol. The van der Waals surface area contributed by atoms with Crippen LogP contribution in [0.1, 0.15) is 37.3 Å². The van der Waals surface area contributed by atoms with E-state index in [4.69, 9.17) is 4.74 Å². The number of fused-ring (bicyclic) bond motifs is 1. The number of methoxy groups -OCH3 is 1. The van der Waals surface area contributed by atoms with E-state index in [2.05, 4.69) is 21.7 Å². The molecule has 0 fully saturated rings. The Kier molecular flexibility index (Phi) is 7.41. The van der Waals surface area contributed by atoms with Gasteiger partial charge in [0.25, 0.3) is 0 Å². The lowest BCUT2D eigenvalue weighted by Crippen LogP contribution is -2.44. The Morgan fingerprint density at radius 1 is 1.10 bits per heavy atom. The van der Waals surface area contributed by atoms with E-state index in [0.29, 0.717) is 18.5 Å². The van der Waals surface area contributed by atoms with Crippen molar-refractivity contribution in [1.82, 2.24) is 10.3 Å². The maximum absolute atomic E-state index is 12.4. The van der Waals surface area contributed by atoms with Crippen molar-refractivity contribution in [1.29, 1.82) is 0 Å². The lowest BCUT2D eigenvalue weighted by molar-refractivity contribution is -0.152. The molecule has 0 spiro atoms. The normalized spacial score (nSPS) is 11.6. The van der Waals surface area contributed by atoms with E-state index in [9.17, 15) is 9.59 Å². The summed E-state index contributed by atoms with van der Waals surface area (Å²) < 4.78 is 6.07. The zero-order valence-electron chi connectivity index (χ0n) is 18.0. The van der Waals surface area contributed by atoms with Gasteiger partial charge in [0.1, 0.15) is 5.01 Å². The van der Waals surface area contributed by atoms with Gasteiger partial charge in [0.05, 0.1) is 22.7 Å². The van der Waals surface area contributed by atoms with Gasteiger partial charge in [-0.25, -0.2) is 9.78 Å². The lowest BCUT2D eigenvalue weighted by Gasteiger charge is -2.28. The Hall–Kier alpha value is -3.19. The number of carbonyl (C=O) groups excluding carboxylic acids is 2. The van der Waals surface area contributed by atoms with Gasteiger partial charge in [-0.1, -0.05) is 44.2 Å². The van der Waals surface area contributed by atoms with Crippen LogP contribution < -0.4 is 10.6 Å². The molecule has 0 radical (unpaired) electrons. The number of nitrogens with one attached hydrogen (secondary N) is 2. The molecule has 7 heteroatoms. The van der Waals surface area contributed by atoms with Crippen molar-refractivity contribution in [3.05, 3.63) is 59.1 Å². The third-order valence-electron chi connectivity index (χ3n) is 5.43. The van der Waals surface area contributed by atoms with Gasteiger partial charge in [-0.2, -0.15) is 0 Å².